The SMILES string of the molecule is Cc1ccccc1-c1cc(Cl)nc(Cl)c1C(N)=O. The maximum Gasteiger partial charge on any atom is 0.252 e. The van der Waals surface area contributed by atoms with E-state index in [1.54, 1.807) is 6.07 Å². The molecule has 0 spiro atoms. The van der Waals surface area contributed by atoms with Crippen LogP contribution < -0.4 is 5.73 Å². The van der Waals surface area contributed by atoms with E-state index in [4.69, 9.17) is 28.9 Å². The summed E-state index contributed by atoms with van der Waals surface area (Å²) in [6.45, 7) is 1.93. The molecule has 2 aromatic rings. The monoisotopic (exact) mass is 280 g/mol. The number of rotatable bonds is 2. The number of aromatic nitrogens is 1. The van der Waals surface area contributed by atoms with E-state index in [-0.39, 0.29) is 15.9 Å². The molecule has 18 heavy (non-hydrogen) atoms. The standard InChI is InChI=1S/C13H10Cl2N2O/c1-7-4-2-3-5-8(7)9-6-10(14)17-12(15)11(9)13(16)18/h2-6H,1H3,(H2,16,18). The zero-order valence-electron chi connectivity index (χ0n) is 9.58. The molecule has 5 heteroatoms. The number of pyridine rings is 1. The summed E-state index contributed by atoms with van der Waals surface area (Å²) in [7, 11) is 0. The van der Waals surface area contributed by atoms with E-state index in [0.29, 0.717) is 5.56 Å². The van der Waals surface area contributed by atoms with Crippen LogP contribution in [0.5, 0.6) is 0 Å². The highest BCUT2D eigenvalue weighted by Gasteiger charge is 2.17. The lowest BCUT2D eigenvalue weighted by Crippen LogP contribution is -2.14. The van der Waals surface area contributed by atoms with E-state index in [1.165, 1.54) is 0 Å². The maximum absolute atomic E-state index is 11.5. The fourth-order valence-corrected chi connectivity index (χ4v) is 2.33. The zero-order valence-corrected chi connectivity index (χ0v) is 11.1. The molecule has 2 rings (SSSR count). The molecule has 92 valence electrons. The molecule has 0 saturated heterocycles. The number of amides is 1. The lowest BCUT2D eigenvalue weighted by atomic mass is 9.97. The smallest absolute Gasteiger partial charge is 0.252 e. The molecule has 0 aliphatic heterocycles. The van der Waals surface area contributed by atoms with E-state index in [1.807, 2.05) is 31.2 Å². The number of nitrogens with zero attached hydrogens (tertiary/aromatic N) is 1. The number of carbonyl (C=O) groups is 1. The summed E-state index contributed by atoms with van der Waals surface area (Å²) < 4.78 is 0. The summed E-state index contributed by atoms with van der Waals surface area (Å²) >= 11 is 11.8. The zero-order chi connectivity index (χ0) is 13.3. The average molecular weight is 281 g/mol. The van der Waals surface area contributed by atoms with E-state index in [9.17, 15) is 4.79 Å². The fraction of sp³-hybridized carbons (Fsp3) is 0.0769. The van der Waals surface area contributed by atoms with Crippen molar-refractivity contribution in [2.45, 2.75) is 6.92 Å². The van der Waals surface area contributed by atoms with Gasteiger partial charge in [0.25, 0.3) is 5.91 Å². The number of carbonyl (C=O) groups excluding carboxylic acids is 1. The van der Waals surface area contributed by atoms with Gasteiger partial charge >= 0.3 is 0 Å². The maximum atomic E-state index is 11.5. The van der Waals surface area contributed by atoms with Gasteiger partial charge in [0.1, 0.15) is 10.3 Å². The minimum absolute atomic E-state index is 0.0215. The average Bonchev–Trinajstić information content (AvgIpc) is 2.27. The van der Waals surface area contributed by atoms with Crippen LogP contribution >= 0.6 is 23.2 Å². The number of halogens is 2. The predicted molar refractivity (Wildman–Crippen MR) is 72.9 cm³/mol. The van der Waals surface area contributed by atoms with Gasteiger partial charge in [0.15, 0.2) is 0 Å². The van der Waals surface area contributed by atoms with Crippen LogP contribution in [0.2, 0.25) is 10.3 Å². The minimum Gasteiger partial charge on any atom is -0.365 e. The normalized spacial score (nSPS) is 10.4. The molecule has 0 radical (unpaired) electrons. The third kappa shape index (κ3) is 2.33. The van der Waals surface area contributed by atoms with Crippen LogP contribution in [0.15, 0.2) is 30.3 Å². The molecule has 0 aliphatic rings. The van der Waals surface area contributed by atoms with Gasteiger partial charge in [-0.1, -0.05) is 47.5 Å². The second-order valence-electron chi connectivity index (χ2n) is 3.84. The first-order chi connectivity index (χ1) is 8.50. The van der Waals surface area contributed by atoms with E-state index in [2.05, 4.69) is 4.98 Å². The lowest BCUT2D eigenvalue weighted by molar-refractivity contribution is 0.100. The van der Waals surface area contributed by atoms with Crippen LogP contribution in [-0.2, 0) is 0 Å². The number of primary amides is 1. The van der Waals surface area contributed by atoms with E-state index in [0.717, 1.165) is 11.1 Å². The number of nitrogens with two attached hydrogens (primary N) is 1. The molecule has 0 atom stereocenters. The third-order valence-electron chi connectivity index (χ3n) is 2.63. The van der Waals surface area contributed by atoms with Crippen molar-refractivity contribution >= 4 is 29.1 Å². The summed E-state index contributed by atoms with van der Waals surface area (Å²) in [6, 6.07) is 9.19. The van der Waals surface area contributed by atoms with Crippen molar-refractivity contribution in [1.29, 1.82) is 0 Å². The van der Waals surface area contributed by atoms with Crippen molar-refractivity contribution in [3.63, 3.8) is 0 Å². The summed E-state index contributed by atoms with van der Waals surface area (Å²) in [5.41, 5.74) is 8.00. The van der Waals surface area contributed by atoms with Crippen molar-refractivity contribution in [3.05, 3.63) is 51.8 Å². The van der Waals surface area contributed by atoms with Gasteiger partial charge in [0, 0.05) is 5.56 Å². The first-order valence-electron chi connectivity index (χ1n) is 5.22. The summed E-state index contributed by atoms with van der Waals surface area (Å²) in [5, 5.41) is 0.247. The van der Waals surface area contributed by atoms with Crippen LogP contribution in [0.25, 0.3) is 11.1 Å². The summed E-state index contributed by atoms with van der Waals surface area (Å²) in [6.07, 6.45) is 0. The van der Waals surface area contributed by atoms with Crippen molar-refractivity contribution in [3.8, 4) is 11.1 Å². The van der Waals surface area contributed by atoms with Gasteiger partial charge in [-0.15, -0.1) is 0 Å². The van der Waals surface area contributed by atoms with Gasteiger partial charge in [-0.05, 0) is 24.1 Å². The Morgan fingerprint density at radius 2 is 1.89 bits per heavy atom. The van der Waals surface area contributed by atoms with Crippen molar-refractivity contribution in [2.75, 3.05) is 0 Å². The molecule has 1 amide bonds. The van der Waals surface area contributed by atoms with Crippen LogP contribution in [0.3, 0.4) is 0 Å². The first-order valence-corrected chi connectivity index (χ1v) is 5.98. The molecule has 1 heterocycles. The predicted octanol–water partition coefficient (Wildman–Crippen LogP) is 3.46. The molecule has 0 saturated carbocycles. The van der Waals surface area contributed by atoms with Crippen molar-refractivity contribution in [2.24, 2.45) is 5.73 Å². The molecule has 0 aliphatic carbocycles. The molecule has 1 aromatic heterocycles. The van der Waals surface area contributed by atoms with Crippen LogP contribution in [-0.4, -0.2) is 10.9 Å². The molecular formula is C13H10Cl2N2O. The molecule has 0 fully saturated rings. The second-order valence-corrected chi connectivity index (χ2v) is 4.58. The minimum atomic E-state index is -0.623. The number of hydrogen-bond acceptors (Lipinski definition) is 2. The van der Waals surface area contributed by atoms with Crippen LogP contribution in [0, 0.1) is 6.92 Å². The Morgan fingerprint density at radius 1 is 1.22 bits per heavy atom. The van der Waals surface area contributed by atoms with Gasteiger partial charge in [-0.25, -0.2) is 4.98 Å². The highest BCUT2D eigenvalue weighted by Crippen LogP contribution is 2.32. The van der Waals surface area contributed by atoms with Gasteiger partial charge in [-0.2, -0.15) is 0 Å². The van der Waals surface area contributed by atoms with Gasteiger partial charge in [-0.3, -0.25) is 4.79 Å². The quantitative estimate of drug-likeness (QED) is 0.857. The summed E-state index contributed by atoms with van der Waals surface area (Å²) in [5.74, 6) is -0.623. The van der Waals surface area contributed by atoms with Crippen molar-refractivity contribution in [1.82, 2.24) is 4.98 Å². The Morgan fingerprint density at radius 3 is 2.50 bits per heavy atom. The van der Waals surface area contributed by atoms with Gasteiger partial charge in [0.05, 0.1) is 5.56 Å². The van der Waals surface area contributed by atoms with Gasteiger partial charge < -0.3 is 5.73 Å². The fourth-order valence-electron chi connectivity index (χ4n) is 1.81. The topological polar surface area (TPSA) is 56.0 Å². The molecule has 0 unspecified atom stereocenters. The summed E-state index contributed by atoms with van der Waals surface area (Å²) in [4.78, 5) is 15.3. The number of benzene rings is 1. The van der Waals surface area contributed by atoms with Gasteiger partial charge in [0.2, 0.25) is 0 Å². The Balaban J connectivity index is 2.78. The molecule has 1 aromatic carbocycles. The Bertz CT molecular complexity index is 626. The third-order valence-corrected chi connectivity index (χ3v) is 3.09. The lowest BCUT2D eigenvalue weighted by Gasteiger charge is -2.11. The van der Waals surface area contributed by atoms with E-state index >= 15 is 0 Å². The highest BCUT2D eigenvalue weighted by molar-refractivity contribution is 6.35. The molecule has 3 nitrogen and oxygen atoms in total. The molecule has 0 bridgehead atoms. The first kappa shape index (κ1) is 12.9. The Hall–Kier alpha value is -1.58. The van der Waals surface area contributed by atoms with Crippen LogP contribution in [0.4, 0.5) is 0 Å². The number of aryl methyl sites for hydroxylation is 1. The second kappa shape index (κ2) is 4.96. The van der Waals surface area contributed by atoms with Crippen molar-refractivity contribution < 1.29 is 4.79 Å². The van der Waals surface area contributed by atoms with Crippen LogP contribution in [0.1, 0.15) is 15.9 Å². The highest BCUT2D eigenvalue weighted by atomic mass is 35.5. The Labute approximate surface area is 115 Å². The largest absolute Gasteiger partial charge is 0.365 e. The molecule has 2 N–H and O–H groups in total. The van der Waals surface area contributed by atoms with E-state index < -0.39 is 5.91 Å². The molecular weight excluding hydrogens is 271 g/mol. The number of hydrogen-bond donors (Lipinski definition) is 1. The Kier molecular flexibility index (Phi) is 3.55.